The third-order valence-electron chi connectivity index (χ3n) is 19.8. The van der Waals surface area contributed by atoms with E-state index in [1.54, 1.807) is 0 Å². The number of unbranched alkanes of at least 4 members (excludes halogenated alkanes) is 51. The summed E-state index contributed by atoms with van der Waals surface area (Å²) in [7, 11) is -9.92. The molecule has 0 fully saturated rings. The first-order valence-electron chi connectivity index (χ1n) is 43.0. The van der Waals surface area contributed by atoms with Gasteiger partial charge in [-0.05, 0) is 37.5 Å². The van der Waals surface area contributed by atoms with Crippen LogP contribution < -0.4 is 0 Å². The molecule has 0 spiro atoms. The highest BCUT2D eigenvalue weighted by molar-refractivity contribution is 7.47. The van der Waals surface area contributed by atoms with Crippen LogP contribution in [-0.4, -0.2) is 96.7 Å². The van der Waals surface area contributed by atoms with E-state index < -0.39 is 97.5 Å². The van der Waals surface area contributed by atoms with Gasteiger partial charge in [0.15, 0.2) is 12.2 Å². The van der Waals surface area contributed by atoms with Gasteiger partial charge in [0.1, 0.15) is 19.3 Å². The van der Waals surface area contributed by atoms with Crippen molar-refractivity contribution in [3.8, 4) is 0 Å². The van der Waals surface area contributed by atoms with Crippen molar-refractivity contribution in [3.63, 3.8) is 0 Å². The van der Waals surface area contributed by atoms with Gasteiger partial charge < -0.3 is 33.8 Å². The fourth-order valence-electron chi connectivity index (χ4n) is 12.9. The molecule has 0 aromatic carbocycles. The van der Waals surface area contributed by atoms with E-state index in [1.165, 1.54) is 257 Å². The van der Waals surface area contributed by atoms with Crippen LogP contribution in [0.4, 0.5) is 0 Å². The normalized spacial score (nSPS) is 14.1. The van der Waals surface area contributed by atoms with Crippen LogP contribution in [0.1, 0.15) is 440 Å². The molecule has 0 amide bonds. The van der Waals surface area contributed by atoms with Gasteiger partial charge in [0.2, 0.25) is 0 Å². The summed E-state index contributed by atoms with van der Waals surface area (Å²) >= 11 is 0. The second kappa shape index (κ2) is 74.5. The number of phosphoric acid groups is 2. The van der Waals surface area contributed by atoms with Crippen LogP contribution in [0.15, 0.2) is 0 Å². The van der Waals surface area contributed by atoms with E-state index in [1.807, 2.05) is 0 Å². The predicted octanol–water partition coefficient (Wildman–Crippen LogP) is 25.1. The molecule has 17 nitrogen and oxygen atoms in total. The minimum Gasteiger partial charge on any atom is -0.462 e. The SMILES string of the molecule is CCCCCCCCCCCCCCCCCCCC(=O)OC[C@H](COP(=O)(O)OC[C@@H](O)COP(=O)(O)OC[C@@H](COC(=O)CCCCCCCCCCC(C)CC)OC(=O)CCCCCCCCCCCCCCCCCC)OC(=O)CCCCCCCCCCCCCCCCC(C)C. The lowest BCUT2D eigenvalue weighted by Crippen LogP contribution is -2.30. The van der Waals surface area contributed by atoms with Crippen LogP contribution in [0.3, 0.4) is 0 Å². The summed E-state index contributed by atoms with van der Waals surface area (Å²) in [6.45, 7) is 9.68. The highest BCUT2D eigenvalue weighted by Crippen LogP contribution is 2.45. The summed E-state index contributed by atoms with van der Waals surface area (Å²) in [6, 6.07) is 0. The molecule has 102 heavy (non-hydrogen) atoms. The third-order valence-corrected chi connectivity index (χ3v) is 21.7. The van der Waals surface area contributed by atoms with Gasteiger partial charge in [-0.3, -0.25) is 37.3 Å². The zero-order valence-electron chi connectivity index (χ0n) is 66.9. The number of aliphatic hydroxyl groups is 1. The van der Waals surface area contributed by atoms with E-state index >= 15 is 0 Å². The summed E-state index contributed by atoms with van der Waals surface area (Å²) in [5.74, 6) is -0.531. The van der Waals surface area contributed by atoms with E-state index in [-0.39, 0.29) is 25.7 Å². The number of phosphoric ester groups is 2. The zero-order chi connectivity index (χ0) is 74.9. The Labute approximate surface area is 626 Å². The molecule has 3 N–H and O–H groups in total. The van der Waals surface area contributed by atoms with Crippen LogP contribution >= 0.6 is 15.6 Å². The Morgan fingerprint density at radius 3 is 0.745 bits per heavy atom. The number of hydrogen-bond acceptors (Lipinski definition) is 15. The summed E-state index contributed by atoms with van der Waals surface area (Å²) in [6.07, 6.45) is 65.1. The van der Waals surface area contributed by atoms with Crippen molar-refractivity contribution < 1.29 is 80.2 Å². The zero-order valence-corrected chi connectivity index (χ0v) is 68.7. The summed E-state index contributed by atoms with van der Waals surface area (Å²) in [4.78, 5) is 73.2. The van der Waals surface area contributed by atoms with Crippen LogP contribution in [0, 0.1) is 11.8 Å². The molecule has 0 saturated carbocycles. The van der Waals surface area contributed by atoms with Crippen molar-refractivity contribution in [2.24, 2.45) is 11.8 Å². The molecule has 0 aromatic rings. The minimum absolute atomic E-state index is 0.108. The van der Waals surface area contributed by atoms with Crippen molar-refractivity contribution in [2.45, 2.75) is 458 Å². The van der Waals surface area contributed by atoms with E-state index in [0.717, 1.165) is 102 Å². The quantitative estimate of drug-likeness (QED) is 0.0222. The molecule has 0 heterocycles. The molecule has 0 radical (unpaired) electrons. The van der Waals surface area contributed by atoms with Gasteiger partial charge in [0.25, 0.3) is 0 Å². The Bertz CT molecular complexity index is 1960. The molecule has 19 heteroatoms. The number of aliphatic hydroxyl groups excluding tert-OH is 1. The molecule has 0 bridgehead atoms. The molecular formula is C83H162O17P2. The van der Waals surface area contributed by atoms with E-state index in [2.05, 4.69) is 41.5 Å². The Hall–Kier alpha value is -1.94. The summed E-state index contributed by atoms with van der Waals surface area (Å²) in [5, 5.41) is 10.7. The molecular weight excluding hydrogens is 1330 g/mol. The lowest BCUT2D eigenvalue weighted by molar-refractivity contribution is -0.161. The van der Waals surface area contributed by atoms with Gasteiger partial charge in [-0.15, -0.1) is 0 Å². The van der Waals surface area contributed by atoms with Gasteiger partial charge in [0, 0.05) is 25.7 Å². The van der Waals surface area contributed by atoms with Crippen LogP contribution in [0.25, 0.3) is 0 Å². The first-order valence-corrected chi connectivity index (χ1v) is 46.0. The van der Waals surface area contributed by atoms with Crippen molar-refractivity contribution in [1.82, 2.24) is 0 Å². The van der Waals surface area contributed by atoms with Gasteiger partial charge in [0.05, 0.1) is 26.4 Å². The van der Waals surface area contributed by atoms with Crippen molar-refractivity contribution >= 4 is 39.5 Å². The fraction of sp³-hybridized carbons (Fsp3) is 0.952. The molecule has 0 saturated heterocycles. The topological polar surface area (TPSA) is 237 Å². The van der Waals surface area contributed by atoms with Gasteiger partial charge in [-0.25, -0.2) is 9.13 Å². The second-order valence-electron chi connectivity index (χ2n) is 30.6. The smallest absolute Gasteiger partial charge is 0.462 e. The molecule has 0 aliphatic rings. The van der Waals surface area contributed by atoms with Crippen molar-refractivity contribution in [1.29, 1.82) is 0 Å². The lowest BCUT2D eigenvalue weighted by atomic mass is 9.99. The highest BCUT2D eigenvalue weighted by atomic mass is 31.2. The van der Waals surface area contributed by atoms with Gasteiger partial charge in [-0.2, -0.15) is 0 Å². The van der Waals surface area contributed by atoms with E-state index in [0.29, 0.717) is 25.7 Å². The maximum atomic E-state index is 13.1. The first-order chi connectivity index (χ1) is 49.4. The average molecular weight is 1490 g/mol. The van der Waals surface area contributed by atoms with Crippen molar-refractivity contribution in [3.05, 3.63) is 0 Å². The monoisotopic (exact) mass is 1490 g/mol. The van der Waals surface area contributed by atoms with Crippen LogP contribution in [0.2, 0.25) is 0 Å². The van der Waals surface area contributed by atoms with Gasteiger partial charge in [-0.1, -0.05) is 388 Å². The molecule has 3 unspecified atom stereocenters. The van der Waals surface area contributed by atoms with E-state index in [9.17, 15) is 43.2 Å². The Kier molecular flexibility index (Phi) is 73.1. The molecule has 0 aliphatic carbocycles. The Morgan fingerprint density at radius 2 is 0.500 bits per heavy atom. The molecule has 0 rings (SSSR count). The maximum absolute atomic E-state index is 13.1. The number of carbonyl (C=O) groups excluding carboxylic acids is 4. The van der Waals surface area contributed by atoms with E-state index in [4.69, 9.17) is 37.0 Å². The van der Waals surface area contributed by atoms with Crippen LogP contribution in [0.5, 0.6) is 0 Å². The largest absolute Gasteiger partial charge is 0.472 e. The van der Waals surface area contributed by atoms with Crippen LogP contribution in [-0.2, 0) is 65.4 Å². The predicted molar refractivity (Wildman–Crippen MR) is 418 cm³/mol. The Morgan fingerprint density at radius 1 is 0.284 bits per heavy atom. The lowest BCUT2D eigenvalue weighted by Gasteiger charge is -2.21. The maximum Gasteiger partial charge on any atom is 0.472 e. The molecule has 0 aliphatic heterocycles. The molecule has 0 aromatic heterocycles. The standard InChI is InChI=1S/C83H162O17P2/c1-7-10-12-14-16-18-20-22-24-26-28-32-36-40-47-53-59-65-80(85)93-71-78(99-82(87)68-62-56-50-42-38-34-30-29-31-35-39-45-51-57-63-75(4)5)73-97-101(89,90)95-69-77(84)70-96-102(91,92)98-74-79(72-94-81(86)66-60-54-48-44-43-46-52-58-64-76(6)9-3)100-83(88)67-61-55-49-41-37-33-27-25-23-21-19-17-15-13-11-8-2/h75-79,84H,7-74H2,1-6H3,(H,89,90)(H,91,92)/t76?,77-,78-,79-/m1/s1. The summed E-state index contributed by atoms with van der Waals surface area (Å²) in [5.41, 5.74) is 0. The molecule has 606 valence electrons. The number of ether oxygens (including phenoxy) is 4. The number of carbonyl (C=O) groups is 4. The first kappa shape index (κ1) is 100. The molecule has 6 atom stereocenters. The number of esters is 4. The fourth-order valence-corrected chi connectivity index (χ4v) is 14.4. The number of hydrogen-bond donors (Lipinski definition) is 3. The summed E-state index contributed by atoms with van der Waals surface area (Å²) < 4.78 is 68.8. The van der Waals surface area contributed by atoms with Crippen molar-refractivity contribution in [2.75, 3.05) is 39.6 Å². The number of rotatable bonds is 82. The third kappa shape index (κ3) is 74.9. The average Bonchev–Trinajstić information content (AvgIpc) is 0.929. The minimum atomic E-state index is -4.96. The Balaban J connectivity index is 5.27. The highest BCUT2D eigenvalue weighted by Gasteiger charge is 2.30. The van der Waals surface area contributed by atoms with Gasteiger partial charge >= 0.3 is 39.5 Å². The second-order valence-corrected chi connectivity index (χ2v) is 33.5.